The summed E-state index contributed by atoms with van der Waals surface area (Å²) in [5.74, 6) is 5.09. The molecule has 0 unspecified atom stereocenters. The number of cyclic esters (lactones) is 1. The molecule has 2 aliphatic carbocycles. The van der Waals surface area contributed by atoms with Crippen LogP contribution in [0.2, 0.25) is 0 Å². The number of ether oxygens (including phenoxy) is 2. The first-order chi connectivity index (χ1) is 15.0. The molecule has 3 N–H and O–H groups in total. The minimum Gasteiger partial charge on any atom is -0.462 e. The molecule has 0 saturated heterocycles. The highest BCUT2D eigenvalue weighted by molar-refractivity contribution is 5.85. The number of aliphatic hydroxyl groups is 3. The van der Waals surface area contributed by atoms with Gasteiger partial charge in [-0.2, -0.15) is 0 Å². The van der Waals surface area contributed by atoms with Gasteiger partial charge in [-0.05, 0) is 43.6 Å². The van der Waals surface area contributed by atoms with Gasteiger partial charge < -0.3 is 24.8 Å². The number of fused-ring (bicyclic) bond motifs is 4. The van der Waals surface area contributed by atoms with Gasteiger partial charge in [0.15, 0.2) is 0 Å². The van der Waals surface area contributed by atoms with Gasteiger partial charge in [0.05, 0.1) is 35.6 Å². The maximum Gasteiger partial charge on any atom is 0.331 e. The lowest BCUT2D eigenvalue weighted by Gasteiger charge is -2.68. The fraction of sp³-hybridized carbons (Fsp3) is 0.760. The van der Waals surface area contributed by atoms with E-state index in [1.807, 2.05) is 6.92 Å². The number of hydrogen-bond donors (Lipinski definition) is 3. The largest absolute Gasteiger partial charge is 0.462 e. The minimum absolute atomic E-state index is 0.173. The Balaban J connectivity index is 1.88. The third-order valence-electron chi connectivity index (χ3n) is 8.61. The summed E-state index contributed by atoms with van der Waals surface area (Å²) in [6.07, 6.45) is 2.37. The monoisotopic (exact) mass is 446 g/mol. The smallest absolute Gasteiger partial charge is 0.331 e. The lowest BCUT2D eigenvalue weighted by atomic mass is 9.38. The van der Waals surface area contributed by atoms with Crippen molar-refractivity contribution in [1.29, 1.82) is 0 Å². The van der Waals surface area contributed by atoms with Crippen molar-refractivity contribution in [1.82, 2.24) is 0 Å². The summed E-state index contributed by atoms with van der Waals surface area (Å²) in [6, 6.07) is 0. The first-order valence-electron chi connectivity index (χ1n) is 11.6. The summed E-state index contributed by atoms with van der Waals surface area (Å²) in [7, 11) is 0. The molecule has 2 saturated carbocycles. The highest BCUT2D eigenvalue weighted by Crippen LogP contribution is 2.67. The average Bonchev–Trinajstić information content (AvgIpc) is 3.16. The maximum absolute atomic E-state index is 12.6. The van der Waals surface area contributed by atoms with Crippen LogP contribution in [0.5, 0.6) is 0 Å². The molecule has 4 rings (SSSR count). The van der Waals surface area contributed by atoms with Crippen molar-refractivity contribution < 1.29 is 34.4 Å². The van der Waals surface area contributed by atoms with Gasteiger partial charge in [0.1, 0.15) is 12.7 Å². The summed E-state index contributed by atoms with van der Waals surface area (Å²) >= 11 is 0. The second-order valence-corrected chi connectivity index (χ2v) is 10.9. The molecule has 0 radical (unpaired) electrons. The van der Waals surface area contributed by atoms with Gasteiger partial charge in [0, 0.05) is 24.8 Å². The van der Waals surface area contributed by atoms with Crippen molar-refractivity contribution in [2.45, 2.75) is 83.5 Å². The van der Waals surface area contributed by atoms with E-state index in [0.717, 1.165) is 5.57 Å². The van der Waals surface area contributed by atoms with Crippen molar-refractivity contribution in [3.05, 3.63) is 11.6 Å². The topological polar surface area (TPSA) is 113 Å². The molecule has 0 aromatic heterocycles. The van der Waals surface area contributed by atoms with E-state index in [1.165, 1.54) is 6.08 Å². The normalized spacial score (nSPS) is 42.8. The van der Waals surface area contributed by atoms with Gasteiger partial charge >= 0.3 is 11.9 Å². The summed E-state index contributed by atoms with van der Waals surface area (Å²) in [4.78, 5) is 24.1. The number of carbonyl (C=O) groups is 2. The fourth-order valence-corrected chi connectivity index (χ4v) is 7.05. The van der Waals surface area contributed by atoms with E-state index in [-0.39, 0.29) is 25.4 Å². The van der Waals surface area contributed by atoms with Gasteiger partial charge in [-0.15, -0.1) is 5.92 Å². The molecule has 7 nitrogen and oxygen atoms in total. The van der Waals surface area contributed by atoms with E-state index in [1.54, 1.807) is 0 Å². The van der Waals surface area contributed by atoms with Crippen LogP contribution in [-0.2, 0) is 19.1 Å². The van der Waals surface area contributed by atoms with E-state index in [0.29, 0.717) is 32.1 Å². The van der Waals surface area contributed by atoms with Crippen LogP contribution in [-0.4, -0.2) is 58.3 Å². The van der Waals surface area contributed by atoms with Crippen molar-refractivity contribution in [2.75, 3.05) is 13.2 Å². The second-order valence-electron chi connectivity index (χ2n) is 10.9. The lowest BCUT2D eigenvalue weighted by Crippen LogP contribution is -2.76. The molecule has 4 aliphatic rings. The van der Waals surface area contributed by atoms with Crippen LogP contribution in [0.1, 0.15) is 65.7 Å². The second kappa shape index (κ2) is 7.86. The lowest BCUT2D eigenvalue weighted by molar-refractivity contribution is -0.312. The van der Waals surface area contributed by atoms with Crippen LogP contribution in [0.3, 0.4) is 0 Å². The van der Waals surface area contributed by atoms with Crippen molar-refractivity contribution in [3.63, 3.8) is 0 Å². The molecule has 32 heavy (non-hydrogen) atoms. The Hall–Kier alpha value is -1.88. The Bertz CT molecular complexity index is 896. The molecule has 176 valence electrons. The number of hydrogen-bond acceptors (Lipinski definition) is 7. The van der Waals surface area contributed by atoms with Crippen molar-refractivity contribution in [3.8, 4) is 11.8 Å². The van der Waals surface area contributed by atoms with Gasteiger partial charge in [0.2, 0.25) is 0 Å². The van der Waals surface area contributed by atoms with E-state index >= 15 is 0 Å². The minimum atomic E-state index is -1.58. The van der Waals surface area contributed by atoms with Crippen LogP contribution in [0.4, 0.5) is 0 Å². The average molecular weight is 447 g/mol. The Morgan fingerprint density at radius 1 is 1.25 bits per heavy atom. The highest BCUT2D eigenvalue weighted by Gasteiger charge is 2.74. The van der Waals surface area contributed by atoms with Crippen LogP contribution >= 0.6 is 0 Å². The molecule has 2 aliphatic heterocycles. The molecule has 2 fully saturated rings. The summed E-state index contributed by atoms with van der Waals surface area (Å²) in [6.45, 7) is 5.67. The molecule has 0 amide bonds. The summed E-state index contributed by atoms with van der Waals surface area (Å²) in [5, 5.41) is 34.9. The summed E-state index contributed by atoms with van der Waals surface area (Å²) in [5.41, 5.74) is -3.57. The molecular weight excluding hydrogens is 412 g/mol. The van der Waals surface area contributed by atoms with E-state index in [9.17, 15) is 24.9 Å². The van der Waals surface area contributed by atoms with Crippen LogP contribution < -0.4 is 0 Å². The van der Waals surface area contributed by atoms with E-state index < -0.39 is 52.5 Å². The van der Waals surface area contributed by atoms with Crippen LogP contribution in [0.15, 0.2) is 11.6 Å². The third kappa shape index (κ3) is 3.30. The molecule has 7 heteroatoms. The molecule has 0 spiro atoms. The number of esters is 2. The Labute approximate surface area is 189 Å². The van der Waals surface area contributed by atoms with Crippen LogP contribution in [0, 0.1) is 34.0 Å². The summed E-state index contributed by atoms with van der Waals surface area (Å²) < 4.78 is 11.0. The predicted octanol–water partition coefficient (Wildman–Crippen LogP) is 1.88. The quantitative estimate of drug-likeness (QED) is 0.446. The van der Waals surface area contributed by atoms with Crippen molar-refractivity contribution >= 4 is 11.9 Å². The van der Waals surface area contributed by atoms with E-state index in [2.05, 4.69) is 25.7 Å². The third-order valence-corrected chi connectivity index (χ3v) is 8.61. The number of rotatable bonds is 4. The van der Waals surface area contributed by atoms with E-state index in [4.69, 9.17) is 9.47 Å². The molecular formula is C25H34O7. The first-order valence-corrected chi connectivity index (χ1v) is 11.6. The molecule has 6 atom stereocenters. The van der Waals surface area contributed by atoms with Gasteiger partial charge in [-0.1, -0.05) is 19.8 Å². The maximum atomic E-state index is 12.6. The predicted molar refractivity (Wildman–Crippen MR) is 115 cm³/mol. The zero-order chi connectivity index (χ0) is 23.4. The standard InChI is InChI=1S/C25H34O7/c1-22(2)10-8-18(27)24(15-26)21(22)17-13-23(3,9-5-4-6-19(28)32-17)25(24,30)11-7-16-12-20(29)31-14-16/h12,17-18,21,26-27,30H,4,6-8,10-11,13-15H2,1-3H3/t17-,18-,21+,23+,24+,25-/m1/s1. The Morgan fingerprint density at radius 2 is 2.00 bits per heavy atom. The first kappa shape index (κ1) is 23.3. The fourth-order valence-electron chi connectivity index (χ4n) is 7.05. The molecule has 2 bridgehead atoms. The highest BCUT2D eigenvalue weighted by atomic mass is 16.5. The molecule has 0 aromatic carbocycles. The number of aliphatic hydroxyl groups excluding tert-OH is 2. The zero-order valence-corrected chi connectivity index (χ0v) is 19.1. The molecule has 0 aromatic rings. The van der Waals surface area contributed by atoms with Crippen LogP contribution in [0.25, 0.3) is 0 Å². The van der Waals surface area contributed by atoms with Gasteiger partial charge in [0.25, 0.3) is 0 Å². The SMILES string of the molecule is CC1(C)CC[C@@H](O)[C@@]2(CO)[C@H]1[C@H]1C[C@](C)(C#CCCC(=O)O1)[C@]2(O)CCC1=CC(=O)OC1. The Kier molecular flexibility index (Phi) is 5.72. The van der Waals surface area contributed by atoms with Gasteiger partial charge in [-0.25, -0.2) is 4.79 Å². The van der Waals surface area contributed by atoms with Crippen molar-refractivity contribution in [2.24, 2.45) is 22.2 Å². The number of carbonyl (C=O) groups excluding carboxylic acids is 2. The zero-order valence-electron chi connectivity index (χ0n) is 19.1. The van der Waals surface area contributed by atoms with Gasteiger partial charge in [-0.3, -0.25) is 4.79 Å². The Morgan fingerprint density at radius 3 is 2.66 bits per heavy atom. The molecule has 2 heterocycles.